The van der Waals surface area contributed by atoms with Crippen molar-refractivity contribution in [2.75, 3.05) is 27.8 Å². The number of guanidine groups is 1. The summed E-state index contributed by atoms with van der Waals surface area (Å²) in [6, 6.07) is 6.45. The Kier molecular flexibility index (Phi) is 10.1. The smallest absolute Gasteiger partial charge is 0.191 e. The average Bonchev–Trinajstić information content (AvgIpc) is 2.57. The summed E-state index contributed by atoms with van der Waals surface area (Å²) in [6.07, 6.45) is 1.06. The summed E-state index contributed by atoms with van der Waals surface area (Å²) in [5.74, 6) is 2.32. The Morgan fingerprint density at radius 3 is 2.33 bits per heavy atom. The Balaban J connectivity index is 0.00000529. The fourth-order valence-electron chi connectivity index (χ4n) is 2.19. The molecule has 138 valence electrons. The lowest BCUT2D eigenvalue weighted by Crippen LogP contribution is -2.46. The molecular weight excluding hydrogens is 417 g/mol. The van der Waals surface area contributed by atoms with Crippen LogP contribution in [0.25, 0.3) is 0 Å². The van der Waals surface area contributed by atoms with Gasteiger partial charge in [-0.1, -0.05) is 26.8 Å². The summed E-state index contributed by atoms with van der Waals surface area (Å²) < 4.78 is 10.7. The number of rotatable bonds is 7. The van der Waals surface area contributed by atoms with E-state index >= 15 is 0 Å². The predicted molar refractivity (Wildman–Crippen MR) is 112 cm³/mol. The van der Waals surface area contributed by atoms with Gasteiger partial charge in [0, 0.05) is 25.0 Å². The molecule has 1 aromatic rings. The van der Waals surface area contributed by atoms with Gasteiger partial charge in [0.1, 0.15) is 0 Å². The molecule has 0 aliphatic carbocycles. The van der Waals surface area contributed by atoms with Crippen LogP contribution in [0.15, 0.2) is 23.2 Å². The van der Waals surface area contributed by atoms with Crippen molar-refractivity contribution in [2.24, 2.45) is 4.99 Å². The highest BCUT2D eigenvalue weighted by molar-refractivity contribution is 14.0. The minimum Gasteiger partial charge on any atom is -0.493 e. The molecule has 1 rings (SSSR count). The van der Waals surface area contributed by atoms with Crippen molar-refractivity contribution < 1.29 is 9.47 Å². The van der Waals surface area contributed by atoms with Gasteiger partial charge in [-0.25, -0.2) is 0 Å². The molecule has 0 aliphatic rings. The van der Waals surface area contributed by atoms with E-state index in [0.29, 0.717) is 6.04 Å². The SMILES string of the molecule is CCC(C)NC(=NC)NCC(C)(C)c1ccc(OC)c(OC)c1.I. The van der Waals surface area contributed by atoms with Gasteiger partial charge in [0.2, 0.25) is 0 Å². The average molecular weight is 449 g/mol. The van der Waals surface area contributed by atoms with Crippen molar-refractivity contribution in [3.05, 3.63) is 23.8 Å². The maximum atomic E-state index is 5.40. The molecule has 1 aromatic carbocycles. The van der Waals surface area contributed by atoms with Gasteiger partial charge in [0.05, 0.1) is 14.2 Å². The highest BCUT2D eigenvalue weighted by atomic mass is 127. The predicted octanol–water partition coefficient (Wildman–Crippen LogP) is 3.56. The Hall–Kier alpha value is -1.18. The van der Waals surface area contributed by atoms with E-state index in [1.807, 2.05) is 12.1 Å². The third-order valence-electron chi connectivity index (χ3n) is 4.08. The van der Waals surface area contributed by atoms with E-state index in [1.165, 1.54) is 5.56 Å². The van der Waals surface area contributed by atoms with Crippen LogP contribution in [0.1, 0.15) is 39.7 Å². The quantitative estimate of drug-likeness (QED) is 0.380. The van der Waals surface area contributed by atoms with Crippen molar-refractivity contribution in [3.8, 4) is 11.5 Å². The van der Waals surface area contributed by atoms with E-state index in [1.54, 1.807) is 21.3 Å². The second kappa shape index (κ2) is 10.6. The van der Waals surface area contributed by atoms with E-state index in [4.69, 9.17) is 9.47 Å². The number of hydrogen-bond donors (Lipinski definition) is 2. The minimum atomic E-state index is -0.0768. The maximum Gasteiger partial charge on any atom is 0.191 e. The van der Waals surface area contributed by atoms with Crippen LogP contribution in [0.2, 0.25) is 0 Å². The Labute approximate surface area is 163 Å². The molecule has 0 fully saturated rings. The van der Waals surface area contributed by atoms with Crippen molar-refractivity contribution in [1.82, 2.24) is 10.6 Å². The van der Waals surface area contributed by atoms with Crippen LogP contribution in [0, 0.1) is 0 Å². The molecule has 0 bridgehead atoms. The lowest BCUT2D eigenvalue weighted by atomic mass is 9.84. The topological polar surface area (TPSA) is 54.9 Å². The van der Waals surface area contributed by atoms with E-state index in [2.05, 4.69) is 49.4 Å². The third kappa shape index (κ3) is 6.37. The number of nitrogens with one attached hydrogen (secondary N) is 2. The van der Waals surface area contributed by atoms with Crippen LogP contribution in [0.5, 0.6) is 11.5 Å². The normalized spacial score (nSPS) is 12.9. The fourth-order valence-corrected chi connectivity index (χ4v) is 2.19. The number of halogens is 1. The standard InChI is InChI=1S/C18H31N3O2.HI/c1-8-13(2)21-17(19-5)20-12-18(3,4)14-9-10-15(22-6)16(11-14)23-7;/h9-11,13H,8,12H2,1-7H3,(H2,19,20,21);1H. The molecule has 0 spiro atoms. The Morgan fingerprint density at radius 1 is 1.21 bits per heavy atom. The molecule has 0 radical (unpaired) electrons. The molecule has 0 saturated heterocycles. The van der Waals surface area contributed by atoms with Crippen molar-refractivity contribution in [2.45, 2.75) is 45.6 Å². The summed E-state index contributed by atoms with van der Waals surface area (Å²) in [5, 5.41) is 6.78. The van der Waals surface area contributed by atoms with Gasteiger partial charge in [0.15, 0.2) is 17.5 Å². The minimum absolute atomic E-state index is 0. The molecule has 0 saturated carbocycles. The van der Waals surface area contributed by atoms with E-state index in [-0.39, 0.29) is 29.4 Å². The first-order chi connectivity index (χ1) is 10.9. The Morgan fingerprint density at radius 2 is 1.83 bits per heavy atom. The van der Waals surface area contributed by atoms with Crippen molar-refractivity contribution >= 4 is 29.9 Å². The molecule has 5 nitrogen and oxygen atoms in total. The zero-order valence-electron chi connectivity index (χ0n) is 15.9. The molecule has 0 amide bonds. The monoisotopic (exact) mass is 449 g/mol. The van der Waals surface area contributed by atoms with E-state index in [9.17, 15) is 0 Å². The summed E-state index contributed by atoms with van der Waals surface area (Å²) in [4.78, 5) is 4.28. The molecule has 1 unspecified atom stereocenters. The van der Waals surface area contributed by atoms with Crippen molar-refractivity contribution in [3.63, 3.8) is 0 Å². The number of nitrogens with zero attached hydrogens (tertiary/aromatic N) is 1. The van der Waals surface area contributed by atoms with Gasteiger partial charge in [-0.05, 0) is 31.0 Å². The third-order valence-corrected chi connectivity index (χ3v) is 4.08. The summed E-state index contributed by atoms with van der Waals surface area (Å²) in [7, 11) is 5.10. The zero-order valence-corrected chi connectivity index (χ0v) is 18.2. The van der Waals surface area contributed by atoms with Gasteiger partial charge in [-0.2, -0.15) is 0 Å². The number of hydrogen-bond acceptors (Lipinski definition) is 3. The fraction of sp³-hybridized carbons (Fsp3) is 0.611. The van der Waals surface area contributed by atoms with Gasteiger partial charge < -0.3 is 20.1 Å². The molecule has 24 heavy (non-hydrogen) atoms. The number of aliphatic imine (C=N–C) groups is 1. The summed E-state index contributed by atoms with van der Waals surface area (Å²) in [6.45, 7) is 9.44. The first-order valence-electron chi connectivity index (χ1n) is 8.07. The number of methoxy groups -OCH3 is 2. The molecular formula is C18H32IN3O2. The lowest BCUT2D eigenvalue weighted by molar-refractivity contribution is 0.353. The lowest BCUT2D eigenvalue weighted by Gasteiger charge is -2.28. The first-order valence-corrected chi connectivity index (χ1v) is 8.07. The second-order valence-corrected chi connectivity index (χ2v) is 6.33. The molecule has 0 heterocycles. The second-order valence-electron chi connectivity index (χ2n) is 6.33. The highest BCUT2D eigenvalue weighted by Crippen LogP contribution is 2.32. The van der Waals surface area contributed by atoms with Crippen molar-refractivity contribution in [1.29, 1.82) is 0 Å². The van der Waals surface area contributed by atoms with Gasteiger partial charge >= 0.3 is 0 Å². The molecule has 0 aliphatic heterocycles. The van der Waals surface area contributed by atoms with Crippen LogP contribution in [-0.2, 0) is 5.41 Å². The first kappa shape index (κ1) is 22.8. The van der Waals surface area contributed by atoms with Gasteiger partial charge in [-0.3, -0.25) is 4.99 Å². The molecule has 6 heteroatoms. The summed E-state index contributed by atoms with van der Waals surface area (Å²) >= 11 is 0. The van der Waals surface area contributed by atoms with Crippen LogP contribution in [0.4, 0.5) is 0 Å². The molecule has 1 atom stereocenters. The molecule has 0 aromatic heterocycles. The Bertz CT molecular complexity index is 533. The zero-order chi connectivity index (χ0) is 17.5. The number of benzene rings is 1. The maximum absolute atomic E-state index is 5.40. The van der Waals surface area contributed by atoms with E-state index in [0.717, 1.165) is 30.4 Å². The largest absolute Gasteiger partial charge is 0.493 e. The van der Waals surface area contributed by atoms with Gasteiger partial charge in [0.25, 0.3) is 0 Å². The number of ether oxygens (including phenoxy) is 2. The summed E-state index contributed by atoms with van der Waals surface area (Å²) in [5.41, 5.74) is 1.11. The van der Waals surface area contributed by atoms with Crippen LogP contribution >= 0.6 is 24.0 Å². The molecule has 2 N–H and O–H groups in total. The van der Waals surface area contributed by atoms with Crippen LogP contribution in [-0.4, -0.2) is 39.8 Å². The van der Waals surface area contributed by atoms with Gasteiger partial charge in [-0.15, -0.1) is 24.0 Å². The van der Waals surface area contributed by atoms with Crippen LogP contribution in [0.3, 0.4) is 0 Å². The van der Waals surface area contributed by atoms with E-state index < -0.39 is 0 Å². The highest BCUT2D eigenvalue weighted by Gasteiger charge is 2.23. The van der Waals surface area contributed by atoms with Crippen LogP contribution < -0.4 is 20.1 Å².